The molecule has 0 fully saturated rings. The number of nitrogens with zero attached hydrogens (tertiary/aromatic N) is 2. The van der Waals surface area contributed by atoms with Gasteiger partial charge in [0.1, 0.15) is 18.9 Å². The van der Waals surface area contributed by atoms with Crippen LogP contribution in [0.15, 0.2) is 24.3 Å². The van der Waals surface area contributed by atoms with Gasteiger partial charge in [-0.1, -0.05) is 29.3 Å². The zero-order valence-corrected chi connectivity index (χ0v) is 20.8. The van der Waals surface area contributed by atoms with Crippen LogP contribution in [0.4, 0.5) is 33.6 Å². The summed E-state index contributed by atoms with van der Waals surface area (Å²) in [5, 5.41) is 7.68. The lowest BCUT2D eigenvalue weighted by Crippen LogP contribution is -2.34. The molecule has 3 rings (SSSR count). The number of aryl methyl sites for hydroxylation is 1. The van der Waals surface area contributed by atoms with Gasteiger partial charge in [-0.2, -0.15) is 13.2 Å². The van der Waals surface area contributed by atoms with E-state index in [-0.39, 0.29) is 45.4 Å². The number of imidazole rings is 1. The molecule has 2 amide bonds. The Morgan fingerprint density at radius 1 is 1.16 bits per heavy atom. The molecular weight excluding hydrogens is 548 g/mol. The molecule has 0 aliphatic rings. The fourth-order valence-electron chi connectivity index (χ4n) is 3.23. The Labute approximate surface area is 217 Å². The molecule has 0 aliphatic carbocycles. The molecule has 0 unspecified atom stereocenters. The average Bonchev–Trinajstić information content (AvgIpc) is 3.11. The normalized spacial score (nSPS) is 11.6. The number of halogens is 7. The van der Waals surface area contributed by atoms with Crippen molar-refractivity contribution in [1.29, 1.82) is 0 Å². The monoisotopic (exact) mass is 567 g/mol. The van der Waals surface area contributed by atoms with Crippen molar-refractivity contribution in [2.24, 2.45) is 7.05 Å². The van der Waals surface area contributed by atoms with E-state index in [9.17, 15) is 31.5 Å². The fraction of sp³-hybridized carbons (Fsp3) is 0.318. The third-order valence-electron chi connectivity index (χ3n) is 4.98. The fourth-order valence-corrected chi connectivity index (χ4v) is 3.77. The molecule has 0 radical (unpaired) electrons. The van der Waals surface area contributed by atoms with Gasteiger partial charge in [0, 0.05) is 26.6 Å². The summed E-state index contributed by atoms with van der Waals surface area (Å²) in [6.07, 6.45) is -7.57. The quantitative estimate of drug-likeness (QED) is 0.309. The lowest BCUT2D eigenvalue weighted by Gasteiger charge is -2.14. The second-order valence-corrected chi connectivity index (χ2v) is 8.55. The van der Waals surface area contributed by atoms with Gasteiger partial charge in [0.2, 0.25) is 11.9 Å². The van der Waals surface area contributed by atoms with E-state index in [0.29, 0.717) is 11.1 Å². The highest BCUT2D eigenvalue weighted by Crippen LogP contribution is 2.36. The van der Waals surface area contributed by atoms with Gasteiger partial charge in [-0.3, -0.25) is 9.59 Å². The predicted molar refractivity (Wildman–Crippen MR) is 128 cm³/mol. The van der Waals surface area contributed by atoms with Crippen LogP contribution in [0.3, 0.4) is 0 Å². The van der Waals surface area contributed by atoms with E-state index in [0.717, 1.165) is 6.07 Å². The highest BCUT2D eigenvalue weighted by molar-refractivity contribution is 6.39. The number of hydrogen-bond donors (Lipinski definition) is 3. The summed E-state index contributed by atoms with van der Waals surface area (Å²) in [6.45, 7) is -1.23. The highest BCUT2D eigenvalue weighted by atomic mass is 35.5. The number of benzene rings is 2. The summed E-state index contributed by atoms with van der Waals surface area (Å²) in [4.78, 5) is 28.0. The van der Waals surface area contributed by atoms with Crippen molar-refractivity contribution < 1.29 is 36.3 Å². The predicted octanol–water partition coefficient (Wildman–Crippen LogP) is 5.20. The minimum atomic E-state index is -4.68. The molecule has 37 heavy (non-hydrogen) atoms. The van der Waals surface area contributed by atoms with Crippen LogP contribution in [0.1, 0.15) is 22.8 Å². The summed E-state index contributed by atoms with van der Waals surface area (Å²) in [5.41, 5.74) is 0.847. The number of fused-ring (bicyclic) bond motifs is 1. The summed E-state index contributed by atoms with van der Waals surface area (Å²) < 4.78 is 69.7. The molecule has 0 bridgehead atoms. The van der Waals surface area contributed by atoms with Crippen LogP contribution in [0.2, 0.25) is 10.0 Å². The number of anilines is 2. The van der Waals surface area contributed by atoms with Crippen molar-refractivity contribution in [3.8, 4) is 5.75 Å². The molecule has 1 aromatic heterocycles. The zero-order valence-electron chi connectivity index (χ0n) is 19.3. The van der Waals surface area contributed by atoms with Crippen LogP contribution < -0.4 is 20.7 Å². The third-order valence-corrected chi connectivity index (χ3v) is 5.72. The number of alkyl halides is 5. The molecular formula is C22H20Cl2F5N5O3. The van der Waals surface area contributed by atoms with E-state index >= 15 is 0 Å². The summed E-state index contributed by atoms with van der Waals surface area (Å²) in [7, 11) is 1.56. The second kappa shape index (κ2) is 11.4. The Balaban J connectivity index is 2.01. The Hall–Kier alpha value is -3.32. The number of rotatable bonds is 9. The SMILES string of the molecule is CC(=O)NCc1ccc(Cl)c(Nc2nc3cc(C(=O)NCC(F)(F)F)c(OCC(F)F)cc3n2C)c1Cl. The molecule has 0 spiro atoms. The Kier molecular flexibility index (Phi) is 8.69. The number of nitrogens with one attached hydrogen (secondary N) is 3. The van der Waals surface area contributed by atoms with Gasteiger partial charge in [0.05, 0.1) is 32.3 Å². The van der Waals surface area contributed by atoms with Crippen molar-refractivity contribution >= 4 is 57.7 Å². The van der Waals surface area contributed by atoms with Gasteiger partial charge in [-0.15, -0.1) is 0 Å². The number of carbonyl (C=O) groups is 2. The van der Waals surface area contributed by atoms with E-state index in [1.807, 2.05) is 0 Å². The molecule has 0 atom stereocenters. The first kappa shape index (κ1) is 28.3. The average molecular weight is 568 g/mol. The van der Waals surface area contributed by atoms with Crippen molar-refractivity contribution in [3.63, 3.8) is 0 Å². The van der Waals surface area contributed by atoms with E-state index in [4.69, 9.17) is 27.9 Å². The number of ether oxygens (including phenoxy) is 1. The van der Waals surface area contributed by atoms with Gasteiger partial charge in [-0.05, 0) is 17.7 Å². The Morgan fingerprint density at radius 3 is 2.49 bits per heavy atom. The summed E-state index contributed by atoms with van der Waals surface area (Å²) in [5.74, 6) is -1.64. The Morgan fingerprint density at radius 2 is 1.86 bits per heavy atom. The molecule has 8 nitrogen and oxygen atoms in total. The first-order valence-corrected chi connectivity index (χ1v) is 11.3. The molecule has 2 aromatic carbocycles. The maximum absolute atomic E-state index is 12.8. The van der Waals surface area contributed by atoms with Gasteiger partial charge in [0.25, 0.3) is 12.3 Å². The van der Waals surface area contributed by atoms with Crippen molar-refractivity contribution in [3.05, 3.63) is 45.4 Å². The minimum Gasteiger partial charge on any atom is -0.487 e. The van der Waals surface area contributed by atoms with E-state index in [2.05, 4.69) is 15.6 Å². The van der Waals surface area contributed by atoms with Crippen LogP contribution >= 0.6 is 23.2 Å². The summed E-state index contributed by atoms with van der Waals surface area (Å²) >= 11 is 12.8. The van der Waals surface area contributed by atoms with Crippen molar-refractivity contribution in [1.82, 2.24) is 20.2 Å². The lowest BCUT2D eigenvalue weighted by atomic mass is 10.1. The third kappa shape index (κ3) is 7.13. The minimum absolute atomic E-state index is 0.129. The van der Waals surface area contributed by atoms with E-state index < -0.39 is 37.2 Å². The van der Waals surface area contributed by atoms with Crippen LogP contribution in [-0.4, -0.2) is 47.1 Å². The second-order valence-electron chi connectivity index (χ2n) is 7.76. The van der Waals surface area contributed by atoms with Gasteiger partial charge < -0.3 is 25.3 Å². The molecule has 200 valence electrons. The topological polar surface area (TPSA) is 97.3 Å². The van der Waals surface area contributed by atoms with Crippen molar-refractivity contribution in [2.75, 3.05) is 18.5 Å². The molecule has 3 aromatic rings. The maximum atomic E-state index is 12.8. The molecule has 15 heteroatoms. The van der Waals surface area contributed by atoms with Crippen LogP contribution in [0.25, 0.3) is 11.0 Å². The number of amides is 2. The highest BCUT2D eigenvalue weighted by Gasteiger charge is 2.29. The van der Waals surface area contributed by atoms with Crippen molar-refractivity contribution in [2.45, 2.75) is 26.1 Å². The van der Waals surface area contributed by atoms with Crippen LogP contribution in [0.5, 0.6) is 5.75 Å². The summed E-state index contributed by atoms with van der Waals surface area (Å²) in [6, 6.07) is 5.52. The van der Waals surface area contributed by atoms with Crippen LogP contribution in [-0.2, 0) is 18.4 Å². The molecule has 0 aliphatic heterocycles. The number of carbonyl (C=O) groups excluding carboxylic acids is 2. The molecule has 0 saturated heterocycles. The molecule has 1 heterocycles. The van der Waals surface area contributed by atoms with E-state index in [1.165, 1.54) is 17.6 Å². The molecule has 0 saturated carbocycles. The Bertz CT molecular complexity index is 1330. The lowest BCUT2D eigenvalue weighted by molar-refractivity contribution is -0.123. The first-order chi connectivity index (χ1) is 17.3. The maximum Gasteiger partial charge on any atom is 0.405 e. The van der Waals surface area contributed by atoms with E-state index in [1.54, 1.807) is 24.5 Å². The number of hydrogen-bond acceptors (Lipinski definition) is 5. The largest absolute Gasteiger partial charge is 0.487 e. The number of aromatic nitrogens is 2. The van der Waals surface area contributed by atoms with Gasteiger partial charge >= 0.3 is 6.18 Å². The molecule has 3 N–H and O–H groups in total. The van der Waals surface area contributed by atoms with Gasteiger partial charge in [-0.25, -0.2) is 13.8 Å². The first-order valence-electron chi connectivity index (χ1n) is 10.5. The van der Waals surface area contributed by atoms with Crippen LogP contribution in [0, 0.1) is 0 Å². The zero-order chi connectivity index (χ0) is 27.5. The smallest absolute Gasteiger partial charge is 0.405 e. The standard InChI is InChI=1S/C22H20Cl2F5N5O3/c1-10(35)30-7-11-3-4-13(23)19(18(11)24)33-21-32-14-5-12(20(36)31-9-22(27,28)29)16(37-8-17(25)26)6-15(14)34(21)2/h3-6,17H,7-9H2,1-2H3,(H,30,35)(H,31,36)(H,32,33). The van der Waals surface area contributed by atoms with Gasteiger partial charge in [0.15, 0.2) is 0 Å².